The van der Waals surface area contributed by atoms with E-state index in [1.165, 1.54) is 38.9 Å². The summed E-state index contributed by atoms with van der Waals surface area (Å²) in [6.07, 6.45) is 14.6. The molecular formula is C45H94N4O7. The van der Waals surface area contributed by atoms with E-state index in [0.29, 0.717) is 24.4 Å². The molecule has 56 heavy (non-hydrogen) atoms. The maximum atomic E-state index is 9.45. The molecule has 0 aromatic carbocycles. The Morgan fingerprint density at radius 2 is 0.679 bits per heavy atom. The first kappa shape index (κ1) is 53.6. The van der Waals surface area contributed by atoms with Crippen LogP contribution < -0.4 is 0 Å². The van der Waals surface area contributed by atoms with Crippen molar-refractivity contribution in [2.75, 3.05) is 105 Å². The van der Waals surface area contributed by atoms with Crippen molar-refractivity contribution in [1.82, 2.24) is 19.6 Å². The number of nitrogens with zero attached hydrogens (tertiary/aromatic N) is 4. The average molecular weight is 803 g/mol. The Labute approximate surface area is 346 Å². The normalized spacial score (nSPS) is 23.5. The Hall–Kier alpha value is -0.440. The molecule has 0 bridgehead atoms. The third kappa shape index (κ3) is 32.4. The van der Waals surface area contributed by atoms with Crippen molar-refractivity contribution < 1.29 is 34.3 Å². The van der Waals surface area contributed by atoms with Crippen molar-refractivity contribution in [3.05, 3.63) is 0 Å². The maximum absolute atomic E-state index is 9.45. The van der Waals surface area contributed by atoms with Crippen molar-refractivity contribution in [3.8, 4) is 0 Å². The van der Waals surface area contributed by atoms with Gasteiger partial charge in [0, 0.05) is 72.2 Å². The standard InChI is InChI=1S/C12H25NO.3C11H23NO2/c1-11(2)14-10-4-7-13-8-5-12(3)6-9-13;3*1-10(2)14-8-4-7-12-6-3-5-11(13)9-12/h11-12H,4-10H2,1-3H3;3*10-11,13H,3-9H2,1-2H3/t;2*11-;/m.10./s1. The summed E-state index contributed by atoms with van der Waals surface area (Å²) in [5, 5.41) is 28.4. The van der Waals surface area contributed by atoms with Crippen LogP contribution in [-0.2, 0) is 18.9 Å². The third-order valence-corrected chi connectivity index (χ3v) is 10.6. The molecule has 0 saturated carbocycles. The van der Waals surface area contributed by atoms with Gasteiger partial charge in [-0.25, -0.2) is 0 Å². The summed E-state index contributed by atoms with van der Waals surface area (Å²) < 4.78 is 21.9. The van der Waals surface area contributed by atoms with Gasteiger partial charge in [0.25, 0.3) is 0 Å². The van der Waals surface area contributed by atoms with Gasteiger partial charge in [0.05, 0.1) is 42.7 Å². The molecule has 3 N–H and O–H groups in total. The highest BCUT2D eigenvalue weighted by Gasteiger charge is 2.19. The van der Waals surface area contributed by atoms with Crippen molar-refractivity contribution >= 4 is 0 Å². The van der Waals surface area contributed by atoms with Gasteiger partial charge in [-0.15, -0.1) is 0 Å². The fourth-order valence-corrected chi connectivity index (χ4v) is 7.42. The van der Waals surface area contributed by atoms with Crippen LogP contribution in [0.3, 0.4) is 0 Å². The molecule has 1 unspecified atom stereocenters. The second-order valence-electron chi connectivity index (χ2n) is 17.9. The smallest absolute Gasteiger partial charge is 0.0667 e. The molecule has 4 saturated heterocycles. The largest absolute Gasteiger partial charge is 0.392 e. The van der Waals surface area contributed by atoms with Crippen LogP contribution in [0.1, 0.15) is 139 Å². The predicted molar refractivity (Wildman–Crippen MR) is 233 cm³/mol. The van der Waals surface area contributed by atoms with Crippen molar-refractivity contribution in [2.45, 2.75) is 182 Å². The number of piperidine rings is 4. The van der Waals surface area contributed by atoms with E-state index in [1.54, 1.807) is 0 Å². The zero-order valence-electron chi connectivity index (χ0n) is 38.2. The number of hydrogen-bond acceptors (Lipinski definition) is 11. The van der Waals surface area contributed by atoms with Gasteiger partial charge in [0.1, 0.15) is 0 Å². The Bertz CT molecular complexity index is 781. The summed E-state index contributed by atoms with van der Waals surface area (Å²) in [6.45, 7) is 35.3. The van der Waals surface area contributed by atoms with Crippen LogP contribution in [0.2, 0.25) is 0 Å². The molecule has 4 heterocycles. The summed E-state index contributed by atoms with van der Waals surface area (Å²) in [7, 11) is 0. The molecule has 4 fully saturated rings. The third-order valence-electron chi connectivity index (χ3n) is 10.6. The van der Waals surface area contributed by atoms with E-state index < -0.39 is 0 Å². The van der Waals surface area contributed by atoms with Gasteiger partial charge < -0.3 is 53.9 Å². The highest BCUT2D eigenvalue weighted by Crippen LogP contribution is 2.16. The molecule has 11 nitrogen and oxygen atoms in total. The van der Waals surface area contributed by atoms with Gasteiger partial charge in [0.2, 0.25) is 0 Å². The lowest BCUT2D eigenvalue weighted by atomic mass is 9.99. The molecule has 0 radical (unpaired) electrons. The van der Waals surface area contributed by atoms with Gasteiger partial charge in [-0.3, -0.25) is 0 Å². The quantitative estimate of drug-likeness (QED) is 0.121. The molecular weight excluding hydrogens is 709 g/mol. The topological polar surface area (TPSA) is 111 Å². The van der Waals surface area contributed by atoms with E-state index in [4.69, 9.17) is 18.9 Å². The van der Waals surface area contributed by atoms with Crippen LogP contribution in [0.15, 0.2) is 0 Å². The number of rotatable bonds is 20. The highest BCUT2D eigenvalue weighted by atomic mass is 16.5. The summed E-state index contributed by atoms with van der Waals surface area (Å²) in [6, 6.07) is 0. The van der Waals surface area contributed by atoms with E-state index >= 15 is 0 Å². The molecule has 0 spiro atoms. The zero-order chi connectivity index (χ0) is 41.6. The SMILES string of the molecule is CC(C)OCCCN1CCCC(O)C1.CC(C)OCCCN1CCC[C@@H](O)C1.CC(C)OCCCN1CCC[C@H](O)C1.CC1CCN(CCCOC(C)C)CC1. The zero-order valence-corrected chi connectivity index (χ0v) is 38.2. The Morgan fingerprint density at radius 3 is 0.929 bits per heavy atom. The van der Waals surface area contributed by atoms with Gasteiger partial charge in [0.15, 0.2) is 0 Å². The molecule has 0 aromatic heterocycles. The van der Waals surface area contributed by atoms with Crippen molar-refractivity contribution in [3.63, 3.8) is 0 Å². The highest BCUT2D eigenvalue weighted by molar-refractivity contribution is 4.73. The van der Waals surface area contributed by atoms with Crippen LogP contribution in [0.5, 0.6) is 0 Å². The first-order valence-electron chi connectivity index (χ1n) is 23.1. The minimum Gasteiger partial charge on any atom is -0.392 e. The fraction of sp³-hybridized carbons (Fsp3) is 1.00. The van der Waals surface area contributed by atoms with Gasteiger partial charge >= 0.3 is 0 Å². The molecule has 4 aliphatic heterocycles. The number of aliphatic hydroxyl groups is 3. The number of β-amino-alcohol motifs (C(OH)–C–C–N with tert-alkyl or cyclic N) is 3. The number of aliphatic hydroxyl groups excluding tert-OH is 3. The summed E-state index contributed by atoms with van der Waals surface area (Å²) in [4.78, 5) is 9.57. The summed E-state index contributed by atoms with van der Waals surface area (Å²) in [5.74, 6) is 0.943. The molecule has 336 valence electrons. The maximum Gasteiger partial charge on any atom is 0.0667 e. The summed E-state index contributed by atoms with van der Waals surface area (Å²) >= 11 is 0. The van der Waals surface area contributed by atoms with Crippen molar-refractivity contribution in [1.29, 1.82) is 0 Å². The molecule has 0 aliphatic carbocycles. The lowest BCUT2D eigenvalue weighted by Crippen LogP contribution is -2.39. The molecule has 3 atom stereocenters. The van der Waals surface area contributed by atoms with E-state index in [9.17, 15) is 15.3 Å². The van der Waals surface area contributed by atoms with E-state index in [0.717, 1.165) is 149 Å². The Kier molecular flexibility index (Phi) is 32.8. The van der Waals surface area contributed by atoms with Gasteiger partial charge in [-0.2, -0.15) is 0 Å². The lowest BCUT2D eigenvalue weighted by Gasteiger charge is -2.30. The Morgan fingerprint density at radius 1 is 0.411 bits per heavy atom. The molecule has 0 aromatic rings. The minimum atomic E-state index is -0.102. The second kappa shape index (κ2) is 34.3. The van der Waals surface area contributed by atoms with E-state index in [2.05, 4.69) is 81.9 Å². The van der Waals surface area contributed by atoms with Gasteiger partial charge in [-0.05, 0) is 171 Å². The predicted octanol–water partition coefficient (Wildman–Crippen LogP) is 6.31. The molecule has 4 aliphatic rings. The molecule has 11 heteroatoms. The van der Waals surface area contributed by atoms with E-state index in [-0.39, 0.29) is 18.3 Å². The number of ether oxygens (including phenoxy) is 4. The van der Waals surface area contributed by atoms with Crippen LogP contribution in [0.25, 0.3) is 0 Å². The van der Waals surface area contributed by atoms with Gasteiger partial charge in [-0.1, -0.05) is 6.92 Å². The molecule has 0 amide bonds. The first-order valence-corrected chi connectivity index (χ1v) is 23.1. The van der Waals surface area contributed by atoms with Crippen LogP contribution in [-0.4, -0.2) is 183 Å². The number of hydrogen-bond donors (Lipinski definition) is 3. The fourth-order valence-electron chi connectivity index (χ4n) is 7.42. The lowest BCUT2D eigenvalue weighted by molar-refractivity contribution is 0.0480. The number of likely N-dealkylation sites (tertiary alicyclic amines) is 4. The van der Waals surface area contributed by atoms with Crippen LogP contribution in [0, 0.1) is 5.92 Å². The molecule has 4 rings (SSSR count). The Balaban J connectivity index is 0.000000373. The average Bonchev–Trinajstić information content (AvgIpc) is 3.14. The van der Waals surface area contributed by atoms with E-state index in [1.807, 2.05) is 0 Å². The van der Waals surface area contributed by atoms with Crippen LogP contribution >= 0.6 is 0 Å². The second-order valence-corrected chi connectivity index (χ2v) is 17.9. The monoisotopic (exact) mass is 803 g/mol. The first-order chi connectivity index (χ1) is 26.7. The van der Waals surface area contributed by atoms with Crippen LogP contribution in [0.4, 0.5) is 0 Å². The minimum absolute atomic E-state index is 0.102. The van der Waals surface area contributed by atoms with Crippen molar-refractivity contribution in [2.24, 2.45) is 5.92 Å². The summed E-state index contributed by atoms with van der Waals surface area (Å²) in [5.41, 5.74) is 0.